The number of nitrogens with zero attached hydrogens (tertiary/aromatic N) is 3. The predicted octanol–water partition coefficient (Wildman–Crippen LogP) is 4.77. The molecule has 0 aliphatic heterocycles. The fourth-order valence-electron chi connectivity index (χ4n) is 1.88. The lowest BCUT2D eigenvalue weighted by molar-refractivity contribution is -0.384. The van der Waals surface area contributed by atoms with Crippen LogP contribution >= 0.6 is 22.6 Å². The van der Waals surface area contributed by atoms with Crippen LogP contribution in [-0.4, -0.2) is 22.6 Å². The minimum atomic E-state index is -0.849. The van der Waals surface area contributed by atoms with E-state index in [0.717, 1.165) is 3.57 Å². The summed E-state index contributed by atoms with van der Waals surface area (Å²) in [5.74, 6) is -1.33. The van der Waals surface area contributed by atoms with Gasteiger partial charge >= 0.3 is 5.97 Å². The maximum absolute atomic E-state index is 12.1. The summed E-state index contributed by atoms with van der Waals surface area (Å²) in [6, 6.07) is 12.1. The summed E-state index contributed by atoms with van der Waals surface area (Å²) in [6.07, 6.45) is 0. The topological polar surface area (TPSA) is 114 Å². The van der Waals surface area contributed by atoms with E-state index in [0.29, 0.717) is 5.69 Å². The molecule has 2 rings (SSSR count). The summed E-state index contributed by atoms with van der Waals surface area (Å²) >= 11 is 2.14. The van der Waals surface area contributed by atoms with Gasteiger partial charge in [0.25, 0.3) is 5.69 Å². The molecular weight excluding hydrogens is 453 g/mol. The average molecular weight is 467 g/mol. The van der Waals surface area contributed by atoms with Crippen LogP contribution in [0.15, 0.2) is 64.5 Å². The second-order valence-electron chi connectivity index (χ2n) is 4.90. The Morgan fingerprint density at radius 3 is 2.35 bits per heavy atom. The molecule has 26 heavy (non-hydrogen) atoms. The number of carbonyl (C=O) groups is 1. The molecule has 1 N–H and O–H groups in total. The van der Waals surface area contributed by atoms with Gasteiger partial charge in [-0.15, -0.1) is 5.11 Å². The van der Waals surface area contributed by atoms with Gasteiger partial charge in [-0.05, 0) is 65.9 Å². The molecule has 8 nitrogen and oxygen atoms in total. The first kappa shape index (κ1) is 19.5. The molecule has 0 aromatic heterocycles. The minimum Gasteiger partial charge on any atom is -0.505 e. The molecule has 0 atom stereocenters. The highest BCUT2D eigenvalue weighted by Gasteiger charge is 2.19. The zero-order valence-electron chi connectivity index (χ0n) is 13.6. The number of ether oxygens (including phenoxy) is 1. The van der Waals surface area contributed by atoms with Crippen molar-refractivity contribution in [1.29, 1.82) is 0 Å². The van der Waals surface area contributed by atoms with Gasteiger partial charge in [0.2, 0.25) is 5.70 Å². The number of azo groups is 1. The first-order valence-corrected chi connectivity index (χ1v) is 8.52. The van der Waals surface area contributed by atoms with Crippen LogP contribution in [0.5, 0.6) is 0 Å². The van der Waals surface area contributed by atoms with Crippen molar-refractivity contribution in [2.75, 3.05) is 6.61 Å². The summed E-state index contributed by atoms with van der Waals surface area (Å²) in [4.78, 5) is 22.3. The van der Waals surface area contributed by atoms with E-state index in [4.69, 9.17) is 4.74 Å². The number of benzene rings is 2. The van der Waals surface area contributed by atoms with Gasteiger partial charge in [0, 0.05) is 21.3 Å². The number of aliphatic hydroxyl groups excluding tert-OH is 1. The number of esters is 1. The third kappa shape index (κ3) is 5.09. The molecule has 134 valence electrons. The van der Waals surface area contributed by atoms with Crippen molar-refractivity contribution < 1.29 is 19.6 Å². The van der Waals surface area contributed by atoms with Crippen LogP contribution in [0.4, 0.5) is 11.4 Å². The molecule has 2 aromatic carbocycles. The molecule has 0 saturated heterocycles. The summed E-state index contributed by atoms with van der Waals surface area (Å²) in [5.41, 5.74) is 0.142. The fourth-order valence-corrected chi connectivity index (χ4v) is 2.24. The number of carbonyl (C=O) groups excluding carboxylic acids is 1. The number of rotatable bonds is 6. The van der Waals surface area contributed by atoms with Gasteiger partial charge in [-0.2, -0.15) is 5.11 Å². The molecule has 0 spiro atoms. The van der Waals surface area contributed by atoms with Gasteiger partial charge < -0.3 is 9.84 Å². The highest BCUT2D eigenvalue weighted by atomic mass is 127. The van der Waals surface area contributed by atoms with Crippen LogP contribution < -0.4 is 0 Å². The Labute approximate surface area is 162 Å². The number of hydrogen-bond donors (Lipinski definition) is 1. The molecule has 2 aromatic rings. The summed E-state index contributed by atoms with van der Waals surface area (Å²) in [6.45, 7) is 1.71. The first-order valence-electron chi connectivity index (χ1n) is 7.45. The monoisotopic (exact) mass is 467 g/mol. The zero-order chi connectivity index (χ0) is 19.1. The van der Waals surface area contributed by atoms with Crippen molar-refractivity contribution in [2.45, 2.75) is 6.92 Å². The molecule has 0 aliphatic carbocycles. The molecule has 0 fully saturated rings. The Balaban J connectivity index is 2.41. The van der Waals surface area contributed by atoms with Crippen molar-refractivity contribution in [3.8, 4) is 0 Å². The Morgan fingerprint density at radius 1 is 1.19 bits per heavy atom. The fraction of sp³-hybridized carbons (Fsp3) is 0.118. The summed E-state index contributed by atoms with van der Waals surface area (Å²) in [5, 5.41) is 28.9. The molecule has 0 bridgehead atoms. The van der Waals surface area contributed by atoms with Crippen molar-refractivity contribution in [1.82, 2.24) is 0 Å². The maximum Gasteiger partial charge on any atom is 0.362 e. The van der Waals surface area contributed by atoms with Gasteiger partial charge in [0.05, 0.1) is 17.2 Å². The highest BCUT2D eigenvalue weighted by molar-refractivity contribution is 14.1. The quantitative estimate of drug-likeness (QED) is 0.125. The van der Waals surface area contributed by atoms with E-state index in [-0.39, 0.29) is 23.6 Å². The van der Waals surface area contributed by atoms with Gasteiger partial charge in [0.15, 0.2) is 5.76 Å². The van der Waals surface area contributed by atoms with E-state index in [9.17, 15) is 20.0 Å². The molecule has 0 aliphatic rings. The Hall–Kier alpha value is -2.82. The van der Waals surface area contributed by atoms with E-state index in [1.54, 1.807) is 19.1 Å². The van der Waals surface area contributed by atoms with Gasteiger partial charge in [0.1, 0.15) is 0 Å². The number of hydrogen-bond acceptors (Lipinski definition) is 7. The lowest BCUT2D eigenvalue weighted by Crippen LogP contribution is -2.08. The number of nitro benzene ring substituents is 1. The minimum absolute atomic E-state index is 0.0922. The maximum atomic E-state index is 12.1. The Morgan fingerprint density at radius 2 is 1.81 bits per heavy atom. The lowest BCUT2D eigenvalue weighted by Gasteiger charge is -2.06. The lowest BCUT2D eigenvalue weighted by atomic mass is 10.1. The highest BCUT2D eigenvalue weighted by Crippen LogP contribution is 2.23. The largest absolute Gasteiger partial charge is 0.505 e. The van der Waals surface area contributed by atoms with E-state index >= 15 is 0 Å². The Kier molecular flexibility index (Phi) is 6.78. The Bertz CT molecular complexity index is 861. The normalized spacial score (nSPS) is 11.9. The SMILES string of the molecule is CCOC(=O)C(N=Nc1ccc(I)cc1)=C(O)c1ccc([N+](=O)[O-])cc1. The van der Waals surface area contributed by atoms with Gasteiger partial charge in [-0.25, -0.2) is 4.79 Å². The van der Waals surface area contributed by atoms with Crippen LogP contribution in [0.25, 0.3) is 5.76 Å². The molecule has 9 heteroatoms. The van der Waals surface area contributed by atoms with Gasteiger partial charge in [-0.1, -0.05) is 0 Å². The van der Waals surface area contributed by atoms with Crippen molar-refractivity contribution in [3.63, 3.8) is 0 Å². The molecule has 0 heterocycles. The zero-order valence-corrected chi connectivity index (χ0v) is 15.8. The van der Waals surface area contributed by atoms with Crippen LogP contribution in [-0.2, 0) is 9.53 Å². The number of halogens is 1. The molecule has 0 unspecified atom stereocenters. The van der Waals surface area contributed by atoms with Crippen LogP contribution in [0.2, 0.25) is 0 Å². The smallest absolute Gasteiger partial charge is 0.362 e. The second kappa shape index (κ2) is 9.04. The predicted molar refractivity (Wildman–Crippen MR) is 103 cm³/mol. The number of aliphatic hydroxyl groups is 1. The third-order valence-corrected chi connectivity index (χ3v) is 3.86. The second-order valence-corrected chi connectivity index (χ2v) is 6.14. The van der Waals surface area contributed by atoms with Crippen LogP contribution in [0, 0.1) is 13.7 Å². The first-order chi connectivity index (χ1) is 12.4. The third-order valence-electron chi connectivity index (χ3n) is 3.14. The number of nitro groups is 1. The average Bonchev–Trinajstić information content (AvgIpc) is 2.63. The van der Waals surface area contributed by atoms with E-state index in [1.165, 1.54) is 24.3 Å². The van der Waals surface area contributed by atoms with E-state index in [2.05, 4.69) is 32.8 Å². The standard InChI is InChI=1S/C17H14IN3O5/c1-2-26-17(23)15(20-19-13-7-5-12(18)6-8-13)16(22)11-3-9-14(10-4-11)21(24)25/h3-10,22H,2H2,1H3. The van der Waals surface area contributed by atoms with Crippen LogP contribution in [0.1, 0.15) is 12.5 Å². The summed E-state index contributed by atoms with van der Waals surface area (Å²) < 4.78 is 5.91. The van der Waals surface area contributed by atoms with E-state index in [1.807, 2.05) is 12.1 Å². The molecule has 0 saturated carbocycles. The van der Waals surface area contributed by atoms with Crippen molar-refractivity contribution >= 4 is 45.7 Å². The molecular formula is C17H14IN3O5. The summed E-state index contributed by atoms with van der Waals surface area (Å²) in [7, 11) is 0. The van der Waals surface area contributed by atoms with Crippen molar-refractivity contribution in [2.24, 2.45) is 10.2 Å². The number of non-ortho nitro benzene ring substituents is 1. The van der Waals surface area contributed by atoms with Crippen molar-refractivity contribution in [3.05, 3.63) is 73.5 Å². The molecule has 0 radical (unpaired) electrons. The molecule has 0 amide bonds. The van der Waals surface area contributed by atoms with E-state index < -0.39 is 16.7 Å². The van der Waals surface area contributed by atoms with Gasteiger partial charge in [-0.3, -0.25) is 10.1 Å². The van der Waals surface area contributed by atoms with Crippen LogP contribution in [0.3, 0.4) is 0 Å².